The van der Waals surface area contributed by atoms with Crippen LogP contribution in [0.25, 0.3) is 10.8 Å². The monoisotopic (exact) mass is 391 g/mol. The van der Waals surface area contributed by atoms with Crippen molar-refractivity contribution in [3.63, 3.8) is 0 Å². The molecule has 0 radical (unpaired) electrons. The average Bonchev–Trinajstić information content (AvgIpc) is 2.67. The van der Waals surface area contributed by atoms with E-state index in [0.717, 1.165) is 49.4 Å². The molecule has 5 nitrogen and oxygen atoms in total. The first-order valence-corrected chi connectivity index (χ1v) is 11.5. The topological polar surface area (TPSA) is 62.3 Å². The molecular formula is C21H33N3O2S. The van der Waals surface area contributed by atoms with Crippen LogP contribution in [-0.4, -0.2) is 43.4 Å². The normalized spacial score (nSPS) is 13.3. The Kier molecular flexibility index (Phi) is 8.67. The molecule has 2 rings (SSSR count). The molecule has 27 heavy (non-hydrogen) atoms. The second-order valence-corrected chi connectivity index (χ2v) is 8.94. The minimum absolute atomic E-state index is 0.0970. The van der Waals surface area contributed by atoms with E-state index in [9.17, 15) is 8.42 Å². The van der Waals surface area contributed by atoms with Crippen molar-refractivity contribution in [3.8, 4) is 0 Å². The molecule has 0 saturated carbocycles. The number of aromatic nitrogens is 1. The Balaban J connectivity index is 2.32. The lowest BCUT2D eigenvalue weighted by molar-refractivity contribution is 0.318. The Bertz CT molecular complexity index is 803. The number of sulfonamides is 1. The van der Waals surface area contributed by atoms with Crippen LogP contribution in [0.15, 0.2) is 41.6 Å². The van der Waals surface area contributed by atoms with Gasteiger partial charge in [0.15, 0.2) is 0 Å². The van der Waals surface area contributed by atoms with Crippen molar-refractivity contribution in [1.82, 2.24) is 14.6 Å². The first-order chi connectivity index (χ1) is 13.0. The fourth-order valence-electron chi connectivity index (χ4n) is 3.31. The molecule has 1 aromatic heterocycles. The van der Waals surface area contributed by atoms with Gasteiger partial charge in [-0.1, -0.05) is 45.2 Å². The number of nitrogens with one attached hydrogen (secondary N) is 1. The number of unbranched alkanes of at least 4 members (excludes halogenated alkanes) is 3. The number of fused-ring (bicyclic) bond motifs is 1. The van der Waals surface area contributed by atoms with Gasteiger partial charge in [0.1, 0.15) is 0 Å². The summed E-state index contributed by atoms with van der Waals surface area (Å²) < 4.78 is 28.8. The quantitative estimate of drug-likeness (QED) is 0.551. The third-order valence-electron chi connectivity index (χ3n) is 4.82. The summed E-state index contributed by atoms with van der Waals surface area (Å²) >= 11 is 0. The van der Waals surface area contributed by atoms with Crippen LogP contribution in [0.4, 0.5) is 0 Å². The van der Waals surface area contributed by atoms with Gasteiger partial charge in [-0.3, -0.25) is 4.98 Å². The molecule has 150 valence electrons. The molecule has 0 aliphatic heterocycles. The lowest BCUT2D eigenvalue weighted by Gasteiger charge is -2.29. The number of rotatable bonds is 12. The Hall–Kier alpha value is -1.50. The molecule has 0 fully saturated rings. The van der Waals surface area contributed by atoms with Crippen LogP contribution < -0.4 is 5.32 Å². The zero-order valence-corrected chi connectivity index (χ0v) is 17.6. The molecule has 0 aliphatic rings. The molecule has 0 bridgehead atoms. The summed E-state index contributed by atoms with van der Waals surface area (Å²) in [6.45, 7) is 8.38. The number of nitrogens with zero attached hydrogens (tertiary/aromatic N) is 2. The van der Waals surface area contributed by atoms with E-state index < -0.39 is 10.0 Å². The molecule has 0 amide bonds. The molecule has 1 atom stereocenters. The predicted molar refractivity (Wildman–Crippen MR) is 112 cm³/mol. The molecule has 1 aromatic carbocycles. The van der Waals surface area contributed by atoms with Crippen molar-refractivity contribution >= 4 is 20.8 Å². The maximum absolute atomic E-state index is 13.6. The number of hydrogen-bond acceptors (Lipinski definition) is 4. The van der Waals surface area contributed by atoms with Crippen molar-refractivity contribution in [3.05, 3.63) is 36.7 Å². The summed E-state index contributed by atoms with van der Waals surface area (Å²) in [6, 6.07) is 7.10. The van der Waals surface area contributed by atoms with Gasteiger partial charge in [0.25, 0.3) is 0 Å². The van der Waals surface area contributed by atoms with Crippen LogP contribution >= 0.6 is 0 Å². The Morgan fingerprint density at radius 3 is 2.67 bits per heavy atom. The summed E-state index contributed by atoms with van der Waals surface area (Å²) in [5.41, 5.74) is 0. The van der Waals surface area contributed by atoms with Crippen molar-refractivity contribution in [2.75, 3.05) is 19.6 Å². The van der Waals surface area contributed by atoms with Gasteiger partial charge in [0.2, 0.25) is 10.0 Å². The Labute approximate surface area is 164 Å². The lowest BCUT2D eigenvalue weighted by atomic mass is 10.2. The van der Waals surface area contributed by atoms with E-state index in [0.29, 0.717) is 18.0 Å². The van der Waals surface area contributed by atoms with E-state index in [1.54, 1.807) is 34.9 Å². The van der Waals surface area contributed by atoms with Crippen LogP contribution in [0.3, 0.4) is 0 Å². The number of pyridine rings is 1. The van der Waals surface area contributed by atoms with Gasteiger partial charge in [0, 0.05) is 42.3 Å². The predicted octanol–water partition coefficient (Wildman–Crippen LogP) is 4.19. The fraction of sp³-hybridized carbons (Fsp3) is 0.571. The fourth-order valence-corrected chi connectivity index (χ4v) is 5.19. The largest absolute Gasteiger partial charge is 0.315 e. The van der Waals surface area contributed by atoms with Crippen molar-refractivity contribution in [2.24, 2.45) is 0 Å². The molecular weight excluding hydrogens is 358 g/mol. The van der Waals surface area contributed by atoms with Gasteiger partial charge < -0.3 is 5.32 Å². The highest BCUT2D eigenvalue weighted by Crippen LogP contribution is 2.26. The van der Waals surface area contributed by atoms with Crippen molar-refractivity contribution in [1.29, 1.82) is 0 Å². The van der Waals surface area contributed by atoms with Crippen LogP contribution in [0.1, 0.15) is 52.9 Å². The highest BCUT2D eigenvalue weighted by Gasteiger charge is 2.29. The molecule has 0 saturated heterocycles. The van der Waals surface area contributed by atoms with E-state index in [2.05, 4.69) is 24.1 Å². The standard InChI is InChI=1S/C21H33N3O2S/c1-4-6-7-8-15-24(18(3)16-22-13-5-2)27(25,26)21-11-9-10-19-17-23-14-12-20(19)21/h9-12,14,17-18,22H,4-8,13,15-16H2,1-3H3. The van der Waals surface area contributed by atoms with E-state index in [1.165, 1.54) is 0 Å². The second kappa shape index (κ2) is 10.7. The molecule has 0 spiro atoms. The van der Waals surface area contributed by atoms with Gasteiger partial charge in [-0.15, -0.1) is 0 Å². The second-order valence-electron chi connectivity index (χ2n) is 7.08. The van der Waals surface area contributed by atoms with Gasteiger partial charge in [-0.25, -0.2) is 8.42 Å². The van der Waals surface area contributed by atoms with E-state index in [1.807, 2.05) is 13.0 Å². The molecule has 1 N–H and O–H groups in total. The van der Waals surface area contributed by atoms with Gasteiger partial charge in [0.05, 0.1) is 4.90 Å². The van der Waals surface area contributed by atoms with Crippen LogP contribution in [0.2, 0.25) is 0 Å². The highest BCUT2D eigenvalue weighted by molar-refractivity contribution is 7.89. The minimum atomic E-state index is -3.59. The first-order valence-electron chi connectivity index (χ1n) is 10.1. The van der Waals surface area contributed by atoms with Gasteiger partial charge >= 0.3 is 0 Å². The Morgan fingerprint density at radius 1 is 1.11 bits per heavy atom. The first kappa shape index (κ1) is 21.8. The van der Waals surface area contributed by atoms with E-state index in [4.69, 9.17) is 0 Å². The zero-order chi connectivity index (χ0) is 19.7. The van der Waals surface area contributed by atoms with E-state index in [-0.39, 0.29) is 6.04 Å². The maximum atomic E-state index is 13.6. The van der Waals surface area contributed by atoms with Gasteiger partial charge in [-0.2, -0.15) is 4.31 Å². The molecule has 1 heterocycles. The summed E-state index contributed by atoms with van der Waals surface area (Å²) in [5, 5.41) is 4.95. The summed E-state index contributed by atoms with van der Waals surface area (Å²) in [6.07, 6.45) is 8.61. The summed E-state index contributed by atoms with van der Waals surface area (Å²) in [4.78, 5) is 4.49. The van der Waals surface area contributed by atoms with Gasteiger partial charge in [-0.05, 0) is 38.4 Å². The Morgan fingerprint density at radius 2 is 1.93 bits per heavy atom. The van der Waals surface area contributed by atoms with Crippen LogP contribution in [-0.2, 0) is 10.0 Å². The third-order valence-corrected chi connectivity index (χ3v) is 6.89. The maximum Gasteiger partial charge on any atom is 0.243 e. The average molecular weight is 392 g/mol. The highest BCUT2D eigenvalue weighted by atomic mass is 32.2. The lowest BCUT2D eigenvalue weighted by Crippen LogP contribution is -2.44. The SMILES string of the molecule is CCCCCCN(C(C)CNCCC)S(=O)(=O)c1cccc2cnccc12. The number of benzene rings is 1. The molecule has 2 aromatic rings. The summed E-state index contributed by atoms with van der Waals surface area (Å²) in [7, 11) is -3.59. The molecule has 0 aliphatic carbocycles. The third kappa shape index (κ3) is 5.74. The smallest absolute Gasteiger partial charge is 0.243 e. The number of hydrogen-bond donors (Lipinski definition) is 1. The van der Waals surface area contributed by atoms with Crippen LogP contribution in [0.5, 0.6) is 0 Å². The summed E-state index contributed by atoms with van der Waals surface area (Å²) in [5.74, 6) is 0. The van der Waals surface area contributed by atoms with Crippen molar-refractivity contribution in [2.45, 2.75) is 63.8 Å². The minimum Gasteiger partial charge on any atom is -0.315 e. The van der Waals surface area contributed by atoms with E-state index >= 15 is 0 Å². The zero-order valence-electron chi connectivity index (χ0n) is 16.8. The van der Waals surface area contributed by atoms with Crippen molar-refractivity contribution < 1.29 is 8.42 Å². The molecule has 1 unspecified atom stereocenters. The molecule has 6 heteroatoms. The van der Waals surface area contributed by atoms with Crippen LogP contribution in [0, 0.1) is 0 Å².